The van der Waals surface area contributed by atoms with Crippen LogP contribution in [0.15, 0.2) is 60.9 Å². The SMILES string of the molecule is CN1CCN(C2CCC(N3c4ncnc(N)c4CN3c3ccc(NCc4cc5ccccc5[nH]4)cc3)CC2)CC1. The number of hydrogen-bond acceptors (Lipinski definition) is 8. The van der Waals surface area contributed by atoms with Gasteiger partial charge in [-0.1, -0.05) is 18.2 Å². The van der Waals surface area contributed by atoms with Crippen LogP contribution in [0.4, 0.5) is 23.0 Å². The summed E-state index contributed by atoms with van der Waals surface area (Å²) in [6.07, 6.45) is 6.37. The number of aromatic amines is 1. The van der Waals surface area contributed by atoms with Crippen LogP contribution in [0.2, 0.25) is 0 Å². The lowest BCUT2D eigenvalue weighted by molar-refractivity contribution is 0.0874. The Morgan fingerprint density at radius 1 is 0.925 bits per heavy atom. The summed E-state index contributed by atoms with van der Waals surface area (Å²) in [5, 5.41) is 9.58. The lowest BCUT2D eigenvalue weighted by Crippen LogP contribution is -2.53. The number of hydrogen-bond donors (Lipinski definition) is 3. The lowest BCUT2D eigenvalue weighted by Gasteiger charge is -2.44. The Labute approximate surface area is 236 Å². The predicted octanol–water partition coefficient (Wildman–Crippen LogP) is 4.45. The molecule has 1 aliphatic carbocycles. The zero-order valence-electron chi connectivity index (χ0n) is 23.3. The van der Waals surface area contributed by atoms with Gasteiger partial charge < -0.3 is 20.9 Å². The van der Waals surface area contributed by atoms with Gasteiger partial charge in [0.05, 0.1) is 30.4 Å². The molecule has 4 N–H and O–H groups in total. The largest absolute Gasteiger partial charge is 0.383 e. The number of nitrogen functional groups attached to an aromatic ring is 1. The fraction of sp³-hybridized carbons (Fsp3) is 0.419. The van der Waals surface area contributed by atoms with Gasteiger partial charge in [0.25, 0.3) is 0 Å². The number of nitrogens with zero attached hydrogens (tertiary/aromatic N) is 6. The van der Waals surface area contributed by atoms with E-state index in [0.29, 0.717) is 24.4 Å². The Balaban J connectivity index is 1.05. The molecule has 0 atom stereocenters. The first-order valence-electron chi connectivity index (χ1n) is 14.6. The number of H-pyrrole nitrogens is 1. The minimum atomic E-state index is 0.402. The summed E-state index contributed by atoms with van der Waals surface area (Å²) >= 11 is 0. The summed E-state index contributed by atoms with van der Waals surface area (Å²) in [6.45, 7) is 6.18. The van der Waals surface area contributed by atoms with E-state index in [1.54, 1.807) is 6.33 Å². The van der Waals surface area contributed by atoms with Gasteiger partial charge in [-0.05, 0) is 74.5 Å². The molecule has 0 bridgehead atoms. The van der Waals surface area contributed by atoms with Crippen molar-refractivity contribution in [2.24, 2.45) is 0 Å². The fourth-order valence-electron chi connectivity index (χ4n) is 6.72. The van der Waals surface area contributed by atoms with Crippen molar-refractivity contribution >= 4 is 33.9 Å². The monoisotopic (exact) mass is 537 g/mol. The van der Waals surface area contributed by atoms with Crippen LogP contribution in [-0.2, 0) is 13.1 Å². The van der Waals surface area contributed by atoms with E-state index in [9.17, 15) is 0 Å². The Bertz CT molecular complexity index is 1420. The Morgan fingerprint density at radius 2 is 1.68 bits per heavy atom. The maximum absolute atomic E-state index is 6.35. The van der Waals surface area contributed by atoms with Crippen LogP contribution in [0.3, 0.4) is 0 Å². The molecule has 1 saturated heterocycles. The van der Waals surface area contributed by atoms with Crippen molar-refractivity contribution in [3.63, 3.8) is 0 Å². The molecule has 0 unspecified atom stereocenters. The quantitative estimate of drug-likeness (QED) is 0.332. The lowest BCUT2D eigenvalue weighted by atomic mass is 9.89. The maximum Gasteiger partial charge on any atom is 0.158 e. The average Bonchev–Trinajstić information content (AvgIpc) is 3.59. The number of para-hydroxylation sites is 1. The number of piperazine rings is 1. The molecule has 2 aromatic carbocycles. The van der Waals surface area contributed by atoms with Crippen molar-refractivity contribution in [3.05, 3.63) is 72.2 Å². The summed E-state index contributed by atoms with van der Waals surface area (Å²) in [6, 6.07) is 20.4. The number of nitrogens with one attached hydrogen (secondary N) is 2. The normalized spacial score (nSPS) is 22.1. The molecule has 4 heterocycles. The third-order valence-electron chi connectivity index (χ3n) is 9.04. The minimum absolute atomic E-state index is 0.402. The van der Waals surface area contributed by atoms with Crippen LogP contribution in [0.5, 0.6) is 0 Å². The zero-order chi connectivity index (χ0) is 27.1. The smallest absolute Gasteiger partial charge is 0.158 e. The maximum atomic E-state index is 6.35. The highest BCUT2D eigenvalue weighted by Crippen LogP contribution is 2.40. The van der Waals surface area contributed by atoms with Gasteiger partial charge in [-0.15, -0.1) is 0 Å². The molecule has 0 radical (unpaired) electrons. The van der Waals surface area contributed by atoms with E-state index in [1.165, 1.54) is 55.6 Å². The number of benzene rings is 2. The Kier molecular flexibility index (Phi) is 6.69. The molecule has 2 fully saturated rings. The van der Waals surface area contributed by atoms with Crippen molar-refractivity contribution in [1.82, 2.24) is 24.8 Å². The fourth-order valence-corrected chi connectivity index (χ4v) is 6.72. The molecule has 1 saturated carbocycles. The molecule has 9 nitrogen and oxygen atoms in total. The van der Waals surface area contributed by atoms with Crippen LogP contribution in [-0.4, -0.2) is 70.1 Å². The number of likely N-dealkylation sites (N-methyl/N-ethyl adjacent to an activating group) is 1. The highest BCUT2D eigenvalue weighted by molar-refractivity contribution is 5.80. The van der Waals surface area contributed by atoms with Gasteiger partial charge in [0.2, 0.25) is 0 Å². The number of rotatable bonds is 6. The van der Waals surface area contributed by atoms with Crippen LogP contribution >= 0.6 is 0 Å². The second kappa shape index (κ2) is 10.6. The summed E-state index contributed by atoms with van der Waals surface area (Å²) in [5.41, 5.74) is 12.0. The number of anilines is 4. The van der Waals surface area contributed by atoms with Crippen molar-refractivity contribution in [1.29, 1.82) is 0 Å². The number of aromatic nitrogens is 3. The predicted molar refractivity (Wildman–Crippen MR) is 162 cm³/mol. The molecular weight excluding hydrogens is 498 g/mol. The summed E-state index contributed by atoms with van der Waals surface area (Å²) in [5.74, 6) is 1.55. The second-order valence-electron chi connectivity index (χ2n) is 11.5. The van der Waals surface area contributed by atoms with Gasteiger partial charge in [-0.3, -0.25) is 14.9 Å². The molecule has 7 rings (SSSR count). The summed E-state index contributed by atoms with van der Waals surface area (Å²) in [7, 11) is 2.23. The topological polar surface area (TPSA) is 92.6 Å². The standard InChI is InChI=1S/C31H39N9/c1-37-14-16-38(17-15-37)25-10-12-27(13-11-25)40-31-28(30(32)34-21-35-31)20-39(40)26-8-6-23(7-9-26)33-19-24-18-22-4-2-3-5-29(22)36-24/h2-9,18,21,25,27,33,36H,10-17,19-20H2,1H3,(H2,32,34,35). The molecule has 4 aromatic rings. The van der Waals surface area contributed by atoms with Crippen LogP contribution in [0, 0.1) is 0 Å². The van der Waals surface area contributed by atoms with E-state index >= 15 is 0 Å². The molecule has 0 amide bonds. The van der Waals surface area contributed by atoms with Crippen molar-refractivity contribution < 1.29 is 0 Å². The van der Waals surface area contributed by atoms with Crippen molar-refractivity contribution in [3.8, 4) is 0 Å². The number of nitrogens with two attached hydrogens (primary N) is 1. The first-order valence-corrected chi connectivity index (χ1v) is 14.6. The third kappa shape index (κ3) is 4.84. The number of fused-ring (bicyclic) bond motifs is 2. The van der Waals surface area contributed by atoms with E-state index in [0.717, 1.165) is 42.1 Å². The molecule has 3 aliphatic rings. The van der Waals surface area contributed by atoms with Gasteiger partial charge in [0, 0.05) is 49.1 Å². The Hall–Kier alpha value is -3.82. The van der Waals surface area contributed by atoms with Gasteiger partial charge in [-0.25, -0.2) is 9.97 Å². The molecule has 9 heteroatoms. The highest BCUT2D eigenvalue weighted by Gasteiger charge is 2.38. The zero-order valence-corrected chi connectivity index (χ0v) is 23.3. The van der Waals surface area contributed by atoms with Gasteiger partial charge in [-0.2, -0.15) is 0 Å². The Morgan fingerprint density at radius 3 is 2.45 bits per heavy atom. The molecular formula is C31H39N9. The average molecular weight is 538 g/mol. The van der Waals surface area contributed by atoms with Gasteiger partial charge in [0.1, 0.15) is 12.1 Å². The molecule has 2 aromatic heterocycles. The van der Waals surface area contributed by atoms with Gasteiger partial charge in [0.15, 0.2) is 5.82 Å². The van der Waals surface area contributed by atoms with E-state index in [4.69, 9.17) is 10.7 Å². The first-order chi connectivity index (χ1) is 19.6. The first kappa shape index (κ1) is 25.2. The molecule has 0 spiro atoms. The summed E-state index contributed by atoms with van der Waals surface area (Å²) in [4.78, 5) is 17.7. The van der Waals surface area contributed by atoms with E-state index in [2.05, 4.69) is 96.7 Å². The van der Waals surface area contributed by atoms with Crippen molar-refractivity contribution in [2.75, 3.05) is 54.3 Å². The second-order valence-corrected chi connectivity index (χ2v) is 11.5. The minimum Gasteiger partial charge on any atom is -0.383 e. The molecule has 40 heavy (non-hydrogen) atoms. The van der Waals surface area contributed by atoms with E-state index in [-0.39, 0.29) is 0 Å². The third-order valence-corrected chi connectivity index (χ3v) is 9.04. The number of hydrazine groups is 1. The summed E-state index contributed by atoms with van der Waals surface area (Å²) < 4.78 is 0. The highest BCUT2D eigenvalue weighted by atomic mass is 15.7. The van der Waals surface area contributed by atoms with E-state index < -0.39 is 0 Å². The van der Waals surface area contributed by atoms with E-state index in [1.807, 2.05) is 0 Å². The van der Waals surface area contributed by atoms with Gasteiger partial charge >= 0.3 is 0 Å². The molecule has 2 aliphatic heterocycles. The van der Waals surface area contributed by atoms with Crippen LogP contribution in [0.1, 0.15) is 36.9 Å². The van der Waals surface area contributed by atoms with Crippen LogP contribution in [0.25, 0.3) is 10.9 Å². The van der Waals surface area contributed by atoms with Crippen molar-refractivity contribution in [2.45, 2.75) is 50.9 Å². The molecule has 208 valence electrons. The van der Waals surface area contributed by atoms with Crippen LogP contribution < -0.4 is 21.1 Å².